The molecule has 0 atom stereocenters. The van der Waals surface area contributed by atoms with Crippen LogP contribution < -0.4 is 10.5 Å². The van der Waals surface area contributed by atoms with Crippen LogP contribution in [0, 0.1) is 0 Å². The number of nitrogens with zero attached hydrogens (tertiary/aromatic N) is 3. The van der Waals surface area contributed by atoms with Crippen LogP contribution in [0.15, 0.2) is 39.7 Å². The van der Waals surface area contributed by atoms with Gasteiger partial charge in [0.1, 0.15) is 0 Å². The van der Waals surface area contributed by atoms with Crippen LogP contribution in [0.2, 0.25) is 5.02 Å². The molecule has 6 heteroatoms. The Kier molecular flexibility index (Phi) is 5.42. The molecule has 0 amide bonds. The van der Waals surface area contributed by atoms with Crippen molar-refractivity contribution in [3.05, 3.63) is 55.9 Å². The number of rotatable bonds is 5. The van der Waals surface area contributed by atoms with E-state index in [4.69, 9.17) is 11.6 Å². The van der Waals surface area contributed by atoms with Crippen molar-refractivity contribution < 1.29 is 0 Å². The van der Waals surface area contributed by atoms with Crippen molar-refractivity contribution in [2.24, 2.45) is 0 Å². The lowest BCUT2D eigenvalue weighted by atomic mass is 10.2. The van der Waals surface area contributed by atoms with E-state index in [1.54, 1.807) is 12.3 Å². The Morgan fingerprint density at radius 3 is 2.76 bits per heavy atom. The molecule has 0 radical (unpaired) electrons. The zero-order chi connectivity index (χ0) is 15.4. The third kappa shape index (κ3) is 4.08. The fourth-order valence-corrected chi connectivity index (χ4v) is 2.76. The summed E-state index contributed by atoms with van der Waals surface area (Å²) in [5, 5.41) is 4.85. The van der Waals surface area contributed by atoms with Crippen molar-refractivity contribution >= 4 is 33.2 Å². The standard InChI is InChI=1S/C15H17BrClN3O/c1-3-6-19(2)13-8-15(21)20(18-9-13)10-11-4-5-12(16)7-14(11)17/h4-5,7-9H,3,6,10H2,1-2H3. The van der Waals surface area contributed by atoms with E-state index >= 15 is 0 Å². The fraction of sp³-hybridized carbons (Fsp3) is 0.333. The molecule has 2 rings (SSSR count). The predicted molar refractivity (Wildman–Crippen MR) is 90.3 cm³/mol. The van der Waals surface area contributed by atoms with Gasteiger partial charge in [0.25, 0.3) is 5.56 Å². The van der Waals surface area contributed by atoms with Gasteiger partial charge < -0.3 is 4.90 Å². The highest BCUT2D eigenvalue weighted by Crippen LogP contribution is 2.21. The second-order valence-corrected chi connectivity index (χ2v) is 6.19. The van der Waals surface area contributed by atoms with E-state index in [1.165, 1.54) is 4.68 Å². The normalized spacial score (nSPS) is 10.7. The van der Waals surface area contributed by atoms with Crippen LogP contribution in [0.1, 0.15) is 18.9 Å². The lowest BCUT2D eigenvalue weighted by Gasteiger charge is -2.18. The third-order valence-electron chi connectivity index (χ3n) is 3.19. The molecule has 0 saturated heterocycles. The first-order valence-electron chi connectivity index (χ1n) is 6.73. The highest BCUT2D eigenvalue weighted by atomic mass is 79.9. The van der Waals surface area contributed by atoms with E-state index in [9.17, 15) is 4.79 Å². The van der Waals surface area contributed by atoms with Crippen molar-refractivity contribution in [1.29, 1.82) is 0 Å². The average molecular weight is 371 g/mol. The first kappa shape index (κ1) is 16.0. The van der Waals surface area contributed by atoms with Crippen LogP contribution in [0.25, 0.3) is 0 Å². The third-order valence-corrected chi connectivity index (χ3v) is 4.04. The SMILES string of the molecule is CCCN(C)c1cnn(Cc2ccc(Br)cc2Cl)c(=O)c1. The van der Waals surface area contributed by atoms with E-state index in [0.29, 0.717) is 11.6 Å². The number of anilines is 1. The number of hydrogen-bond donors (Lipinski definition) is 0. The molecular formula is C15H17BrClN3O. The Morgan fingerprint density at radius 1 is 1.38 bits per heavy atom. The van der Waals surface area contributed by atoms with Gasteiger partial charge in [-0.25, -0.2) is 4.68 Å². The Balaban J connectivity index is 2.23. The van der Waals surface area contributed by atoms with Gasteiger partial charge in [0.2, 0.25) is 0 Å². The molecule has 1 aromatic heterocycles. The minimum Gasteiger partial charge on any atom is -0.373 e. The monoisotopic (exact) mass is 369 g/mol. The lowest BCUT2D eigenvalue weighted by molar-refractivity contribution is 0.637. The summed E-state index contributed by atoms with van der Waals surface area (Å²) in [6, 6.07) is 7.20. The largest absolute Gasteiger partial charge is 0.373 e. The van der Waals surface area contributed by atoms with Gasteiger partial charge in [-0.3, -0.25) is 4.79 Å². The maximum Gasteiger partial charge on any atom is 0.269 e. The van der Waals surface area contributed by atoms with Crippen molar-refractivity contribution in [1.82, 2.24) is 9.78 Å². The number of benzene rings is 1. The van der Waals surface area contributed by atoms with Crippen molar-refractivity contribution in [3.8, 4) is 0 Å². The molecule has 0 fully saturated rings. The molecule has 2 aromatic rings. The van der Waals surface area contributed by atoms with Gasteiger partial charge in [-0.2, -0.15) is 5.10 Å². The molecule has 21 heavy (non-hydrogen) atoms. The fourth-order valence-electron chi connectivity index (χ4n) is 2.03. The molecule has 1 heterocycles. The van der Waals surface area contributed by atoms with Crippen molar-refractivity contribution in [2.45, 2.75) is 19.9 Å². The average Bonchev–Trinajstić information content (AvgIpc) is 2.44. The van der Waals surface area contributed by atoms with E-state index in [1.807, 2.05) is 30.1 Å². The Bertz CT molecular complexity index is 687. The van der Waals surface area contributed by atoms with E-state index in [0.717, 1.165) is 28.7 Å². The Hall–Kier alpha value is -1.33. The molecule has 112 valence electrons. The molecule has 0 aliphatic carbocycles. The van der Waals surface area contributed by atoms with Crippen molar-refractivity contribution in [2.75, 3.05) is 18.5 Å². The molecule has 0 saturated carbocycles. The summed E-state index contributed by atoms with van der Waals surface area (Å²) in [7, 11) is 1.95. The summed E-state index contributed by atoms with van der Waals surface area (Å²) in [6.07, 6.45) is 2.73. The second kappa shape index (κ2) is 7.09. The summed E-state index contributed by atoms with van der Waals surface area (Å²) >= 11 is 9.54. The van der Waals surface area contributed by atoms with Crippen LogP contribution in [-0.4, -0.2) is 23.4 Å². The number of hydrogen-bond acceptors (Lipinski definition) is 3. The van der Waals surface area contributed by atoms with Gasteiger partial charge in [0.05, 0.1) is 18.4 Å². The van der Waals surface area contributed by atoms with Crippen LogP contribution in [0.3, 0.4) is 0 Å². The zero-order valence-corrected chi connectivity index (χ0v) is 14.4. The summed E-state index contributed by atoms with van der Waals surface area (Å²) in [6.45, 7) is 3.35. The van der Waals surface area contributed by atoms with Gasteiger partial charge in [-0.15, -0.1) is 0 Å². The van der Waals surface area contributed by atoms with Gasteiger partial charge in [-0.1, -0.05) is 40.5 Å². The second-order valence-electron chi connectivity index (χ2n) is 4.87. The predicted octanol–water partition coefficient (Wildman–Crippen LogP) is 3.55. The number of halogens is 2. The number of aromatic nitrogens is 2. The molecule has 0 N–H and O–H groups in total. The molecular weight excluding hydrogens is 354 g/mol. The van der Waals surface area contributed by atoms with E-state index in [2.05, 4.69) is 28.0 Å². The zero-order valence-electron chi connectivity index (χ0n) is 12.0. The molecule has 0 unspecified atom stereocenters. The highest BCUT2D eigenvalue weighted by molar-refractivity contribution is 9.10. The van der Waals surface area contributed by atoms with Gasteiger partial charge in [0.15, 0.2) is 0 Å². The van der Waals surface area contributed by atoms with E-state index in [-0.39, 0.29) is 5.56 Å². The van der Waals surface area contributed by atoms with Gasteiger partial charge in [0, 0.05) is 29.2 Å². The minimum absolute atomic E-state index is 0.130. The first-order chi connectivity index (χ1) is 10.0. The Morgan fingerprint density at radius 2 is 2.14 bits per heavy atom. The highest BCUT2D eigenvalue weighted by Gasteiger charge is 2.07. The lowest BCUT2D eigenvalue weighted by Crippen LogP contribution is -2.26. The first-order valence-corrected chi connectivity index (χ1v) is 7.90. The van der Waals surface area contributed by atoms with Gasteiger partial charge >= 0.3 is 0 Å². The minimum atomic E-state index is -0.130. The van der Waals surface area contributed by atoms with Crippen LogP contribution in [0.4, 0.5) is 5.69 Å². The topological polar surface area (TPSA) is 38.1 Å². The summed E-state index contributed by atoms with van der Waals surface area (Å²) < 4.78 is 2.33. The molecule has 4 nitrogen and oxygen atoms in total. The van der Waals surface area contributed by atoms with Gasteiger partial charge in [-0.05, 0) is 24.1 Å². The van der Waals surface area contributed by atoms with Crippen LogP contribution >= 0.6 is 27.5 Å². The molecule has 0 bridgehead atoms. The van der Waals surface area contributed by atoms with Crippen LogP contribution in [0.5, 0.6) is 0 Å². The quantitative estimate of drug-likeness (QED) is 0.808. The maximum absolute atomic E-state index is 12.2. The maximum atomic E-state index is 12.2. The van der Waals surface area contributed by atoms with E-state index < -0.39 is 0 Å². The molecule has 1 aromatic carbocycles. The smallest absolute Gasteiger partial charge is 0.269 e. The van der Waals surface area contributed by atoms with Crippen molar-refractivity contribution in [3.63, 3.8) is 0 Å². The Labute approximate surface area is 137 Å². The molecule has 0 aliphatic rings. The summed E-state index contributed by atoms with van der Waals surface area (Å²) in [5.74, 6) is 0. The molecule has 0 spiro atoms. The van der Waals surface area contributed by atoms with Crippen LogP contribution in [-0.2, 0) is 6.54 Å². The molecule has 0 aliphatic heterocycles. The summed E-state index contributed by atoms with van der Waals surface area (Å²) in [5.41, 5.74) is 1.57. The summed E-state index contributed by atoms with van der Waals surface area (Å²) in [4.78, 5) is 14.2.